The summed E-state index contributed by atoms with van der Waals surface area (Å²) in [6, 6.07) is 12.3. The number of rotatable bonds is 11. The van der Waals surface area contributed by atoms with Gasteiger partial charge in [0.1, 0.15) is 5.41 Å². The second-order valence-corrected chi connectivity index (χ2v) is 10.3. The third kappa shape index (κ3) is 6.64. The van der Waals surface area contributed by atoms with Crippen LogP contribution in [-0.4, -0.2) is 57.2 Å². The van der Waals surface area contributed by atoms with E-state index >= 15 is 0 Å². The summed E-state index contributed by atoms with van der Waals surface area (Å²) in [4.78, 5) is 53.6. The topological polar surface area (TPSA) is 163 Å². The van der Waals surface area contributed by atoms with Gasteiger partial charge in [0.15, 0.2) is 0 Å². The number of ether oxygens (including phenoxy) is 2. The highest BCUT2D eigenvalue weighted by molar-refractivity contribution is 5.94. The van der Waals surface area contributed by atoms with E-state index in [2.05, 4.69) is 10.3 Å². The minimum Gasteiger partial charge on any atom is -0.481 e. The number of carbonyl (C=O) groups is 3. The number of non-ortho nitro benzene ring substituents is 1. The number of nitrogens with zero attached hydrogens (tertiary/aromatic N) is 3. The highest BCUT2D eigenvalue weighted by Crippen LogP contribution is 2.51. The van der Waals surface area contributed by atoms with Gasteiger partial charge >= 0.3 is 17.9 Å². The van der Waals surface area contributed by atoms with Crippen molar-refractivity contribution in [2.24, 2.45) is 5.41 Å². The van der Waals surface area contributed by atoms with E-state index in [4.69, 9.17) is 9.47 Å². The quantitative estimate of drug-likeness (QED) is 0.144. The maximum atomic E-state index is 13.1. The van der Waals surface area contributed by atoms with Crippen LogP contribution in [0.4, 0.5) is 5.69 Å². The number of allylic oxidation sites excluding steroid dienone is 1. The predicted molar refractivity (Wildman–Crippen MR) is 156 cm³/mol. The van der Waals surface area contributed by atoms with E-state index in [-0.39, 0.29) is 29.9 Å². The van der Waals surface area contributed by atoms with Gasteiger partial charge in [0.25, 0.3) is 5.69 Å². The molecule has 1 aliphatic rings. The van der Waals surface area contributed by atoms with E-state index in [9.17, 15) is 29.6 Å². The molecule has 0 aliphatic carbocycles. The van der Waals surface area contributed by atoms with Crippen molar-refractivity contribution in [3.05, 3.63) is 111 Å². The largest absolute Gasteiger partial charge is 0.481 e. The highest BCUT2D eigenvalue weighted by atomic mass is 16.6. The first-order chi connectivity index (χ1) is 20.6. The molecule has 4 rings (SSSR count). The molecule has 3 aromatic rings. The third-order valence-corrected chi connectivity index (χ3v) is 7.71. The van der Waals surface area contributed by atoms with Crippen LogP contribution in [0.25, 0.3) is 6.08 Å². The lowest BCUT2D eigenvalue weighted by Crippen LogP contribution is -2.57. The molecule has 12 heteroatoms. The van der Waals surface area contributed by atoms with Crippen LogP contribution < -0.4 is 5.32 Å². The summed E-state index contributed by atoms with van der Waals surface area (Å²) in [6.45, 7) is 3.64. The summed E-state index contributed by atoms with van der Waals surface area (Å²) in [5.74, 6) is -3.84. The molecule has 1 aromatic heterocycles. The second kappa shape index (κ2) is 13.1. The Labute approximate surface area is 247 Å². The zero-order valence-electron chi connectivity index (χ0n) is 23.9. The first kappa shape index (κ1) is 30.7. The number of carbonyl (C=O) groups excluding carboxylic acids is 2. The number of aliphatic carboxylic acids is 1. The molecule has 43 heavy (non-hydrogen) atoms. The third-order valence-electron chi connectivity index (χ3n) is 7.71. The minimum absolute atomic E-state index is 0.0335. The Bertz CT molecular complexity index is 1560. The number of imidazole rings is 1. The van der Waals surface area contributed by atoms with Gasteiger partial charge < -0.3 is 24.5 Å². The van der Waals surface area contributed by atoms with Gasteiger partial charge in [-0.1, -0.05) is 36.4 Å². The molecule has 0 bridgehead atoms. The molecule has 1 aliphatic heterocycles. The SMILES string of the molecule is COC(=O)C1=C(C)NC(C)C(CCOC(=O)/C=C/c2ccc(Cn3ccnc3)cc2)(C(=O)O)C1c1cccc([N+](=O)[O-])c1. The molecule has 224 valence electrons. The van der Waals surface area contributed by atoms with Crippen LogP contribution in [-0.2, 0) is 30.4 Å². The van der Waals surface area contributed by atoms with Crippen LogP contribution in [0, 0.1) is 15.5 Å². The normalized spacial score (nSPS) is 20.0. The van der Waals surface area contributed by atoms with E-state index in [1.54, 1.807) is 38.5 Å². The summed E-state index contributed by atoms with van der Waals surface area (Å²) in [7, 11) is 1.18. The van der Waals surface area contributed by atoms with Gasteiger partial charge in [-0.25, -0.2) is 14.6 Å². The molecule has 12 nitrogen and oxygen atoms in total. The number of nitro benzene ring substituents is 1. The van der Waals surface area contributed by atoms with Gasteiger partial charge in [0.05, 0.1) is 30.5 Å². The average molecular weight is 589 g/mol. The Morgan fingerprint density at radius 3 is 2.58 bits per heavy atom. The van der Waals surface area contributed by atoms with Crippen LogP contribution in [0.2, 0.25) is 0 Å². The van der Waals surface area contributed by atoms with Crippen molar-refractivity contribution in [1.82, 2.24) is 14.9 Å². The van der Waals surface area contributed by atoms with Crippen molar-refractivity contribution >= 4 is 29.7 Å². The standard InChI is InChI=1S/C31H32N4O8/c1-20-27(29(37)42-3)28(24-5-4-6-25(17-24)35(40)41)31(30(38)39,21(2)33-20)13-16-43-26(36)12-11-22-7-9-23(10-8-22)18-34-15-14-32-19-34/h4-12,14-15,17,19,21,28,33H,13,16,18H2,1-3H3,(H,38,39)/b12-11+. The molecule has 0 spiro atoms. The van der Waals surface area contributed by atoms with Crippen molar-refractivity contribution in [1.29, 1.82) is 0 Å². The Kier molecular flexibility index (Phi) is 9.39. The fourth-order valence-corrected chi connectivity index (χ4v) is 5.55. The van der Waals surface area contributed by atoms with Crippen molar-refractivity contribution in [3.63, 3.8) is 0 Å². The van der Waals surface area contributed by atoms with Gasteiger partial charge in [-0.3, -0.25) is 14.9 Å². The average Bonchev–Trinajstić information content (AvgIpc) is 3.50. The lowest BCUT2D eigenvalue weighted by molar-refractivity contribution is -0.384. The van der Waals surface area contributed by atoms with Crippen LogP contribution in [0.15, 0.2) is 84.6 Å². The predicted octanol–water partition coefficient (Wildman–Crippen LogP) is 4.08. The first-order valence-electron chi connectivity index (χ1n) is 13.5. The van der Waals surface area contributed by atoms with Crippen LogP contribution in [0.5, 0.6) is 0 Å². The number of nitrogens with one attached hydrogen (secondary N) is 1. The van der Waals surface area contributed by atoms with E-state index in [1.165, 1.54) is 31.4 Å². The molecule has 2 aromatic carbocycles. The molecule has 2 N–H and O–H groups in total. The number of esters is 2. The summed E-state index contributed by atoms with van der Waals surface area (Å²) in [5.41, 5.74) is 0.527. The number of hydrogen-bond acceptors (Lipinski definition) is 9. The van der Waals surface area contributed by atoms with Gasteiger partial charge in [-0.15, -0.1) is 0 Å². The van der Waals surface area contributed by atoms with Crippen LogP contribution in [0.3, 0.4) is 0 Å². The molecule has 0 saturated carbocycles. The lowest BCUT2D eigenvalue weighted by Gasteiger charge is -2.47. The van der Waals surface area contributed by atoms with Crippen molar-refractivity contribution in [3.8, 4) is 0 Å². The van der Waals surface area contributed by atoms with Crippen molar-refractivity contribution < 1.29 is 33.9 Å². The zero-order valence-corrected chi connectivity index (χ0v) is 23.9. The number of benzene rings is 2. The van der Waals surface area contributed by atoms with Gasteiger partial charge in [0, 0.05) is 61.2 Å². The minimum atomic E-state index is -1.73. The number of methoxy groups -OCH3 is 1. The molecular weight excluding hydrogens is 556 g/mol. The summed E-state index contributed by atoms with van der Waals surface area (Å²) in [5, 5.41) is 25.2. The first-order valence-corrected chi connectivity index (χ1v) is 13.5. The Balaban J connectivity index is 1.55. The molecule has 0 radical (unpaired) electrons. The monoisotopic (exact) mass is 588 g/mol. The fourth-order valence-electron chi connectivity index (χ4n) is 5.55. The molecule has 0 fully saturated rings. The fraction of sp³-hybridized carbons (Fsp3) is 0.290. The summed E-state index contributed by atoms with van der Waals surface area (Å²) < 4.78 is 12.3. The maximum absolute atomic E-state index is 13.1. The lowest BCUT2D eigenvalue weighted by atomic mass is 9.60. The van der Waals surface area contributed by atoms with Gasteiger partial charge in [0.2, 0.25) is 0 Å². The summed E-state index contributed by atoms with van der Waals surface area (Å²) in [6.07, 6.45) is 7.94. The van der Waals surface area contributed by atoms with Gasteiger partial charge in [-0.05, 0) is 36.6 Å². The Morgan fingerprint density at radius 1 is 1.21 bits per heavy atom. The second-order valence-electron chi connectivity index (χ2n) is 10.3. The maximum Gasteiger partial charge on any atom is 0.336 e. The number of hydrogen-bond donors (Lipinski definition) is 2. The Morgan fingerprint density at radius 2 is 1.95 bits per heavy atom. The number of nitro groups is 1. The molecule has 3 unspecified atom stereocenters. The van der Waals surface area contributed by atoms with Crippen LogP contribution >= 0.6 is 0 Å². The van der Waals surface area contributed by atoms with E-state index in [0.717, 1.165) is 11.1 Å². The molecule has 3 atom stereocenters. The number of carboxylic acid groups (broad SMARTS) is 1. The zero-order chi connectivity index (χ0) is 31.1. The van der Waals surface area contributed by atoms with Gasteiger partial charge in [-0.2, -0.15) is 0 Å². The van der Waals surface area contributed by atoms with Crippen molar-refractivity contribution in [2.45, 2.75) is 38.8 Å². The molecule has 0 amide bonds. The number of carboxylic acids is 1. The van der Waals surface area contributed by atoms with E-state index < -0.39 is 40.2 Å². The van der Waals surface area contributed by atoms with E-state index in [0.29, 0.717) is 12.2 Å². The van der Waals surface area contributed by atoms with Crippen LogP contribution in [0.1, 0.15) is 42.9 Å². The molecule has 2 heterocycles. The Hall–Kier alpha value is -5.26. The van der Waals surface area contributed by atoms with Crippen molar-refractivity contribution in [2.75, 3.05) is 13.7 Å². The highest BCUT2D eigenvalue weighted by Gasteiger charge is 2.56. The summed E-state index contributed by atoms with van der Waals surface area (Å²) >= 11 is 0. The molecule has 0 saturated heterocycles. The smallest absolute Gasteiger partial charge is 0.336 e. The number of aromatic nitrogens is 2. The van der Waals surface area contributed by atoms with E-state index in [1.807, 2.05) is 35.0 Å². The molecular formula is C31H32N4O8.